The molecule has 0 amide bonds. The first-order valence-electron chi connectivity index (χ1n) is 7.13. The number of hydrogen-bond acceptors (Lipinski definition) is 6. The van der Waals surface area contributed by atoms with Crippen molar-refractivity contribution in [2.45, 2.75) is 17.9 Å². The maximum absolute atomic E-state index is 5.74. The highest BCUT2D eigenvalue weighted by Crippen LogP contribution is 2.21. The molecule has 0 aliphatic carbocycles. The van der Waals surface area contributed by atoms with E-state index in [2.05, 4.69) is 39.3 Å². The quantitative estimate of drug-likeness (QED) is 0.791. The Morgan fingerprint density at radius 2 is 2.19 bits per heavy atom. The molecule has 0 bridgehead atoms. The van der Waals surface area contributed by atoms with Crippen LogP contribution in [0.4, 0.5) is 0 Å². The van der Waals surface area contributed by atoms with Crippen LogP contribution in [-0.2, 0) is 4.74 Å². The van der Waals surface area contributed by atoms with Crippen LogP contribution in [0.25, 0.3) is 0 Å². The summed E-state index contributed by atoms with van der Waals surface area (Å²) < 4.78 is 10.8. The van der Waals surface area contributed by atoms with Gasteiger partial charge in [-0.05, 0) is 12.1 Å². The topological polar surface area (TPSA) is 51.4 Å². The Morgan fingerprint density at radius 1 is 1.33 bits per heavy atom. The fourth-order valence-corrected chi connectivity index (χ4v) is 3.25. The first-order valence-corrected chi connectivity index (χ1v) is 8.12. The summed E-state index contributed by atoms with van der Waals surface area (Å²) >= 11 is 1.88. The van der Waals surface area contributed by atoms with E-state index in [1.165, 1.54) is 4.90 Å². The van der Waals surface area contributed by atoms with E-state index in [1.54, 1.807) is 6.92 Å². The molecule has 1 aliphatic heterocycles. The van der Waals surface area contributed by atoms with E-state index >= 15 is 0 Å². The normalized spacial score (nSPS) is 19.8. The number of ether oxygens (including phenoxy) is 1. The Hall–Kier alpha value is -1.37. The number of hydrogen-bond donors (Lipinski definition) is 0. The average molecular weight is 305 g/mol. The van der Waals surface area contributed by atoms with Crippen molar-refractivity contribution >= 4 is 11.8 Å². The van der Waals surface area contributed by atoms with Crippen LogP contribution in [0.3, 0.4) is 0 Å². The van der Waals surface area contributed by atoms with Gasteiger partial charge in [0.25, 0.3) is 0 Å². The first kappa shape index (κ1) is 14.6. The molecule has 5 nitrogen and oxygen atoms in total. The van der Waals surface area contributed by atoms with Crippen molar-refractivity contribution in [2.24, 2.45) is 0 Å². The number of rotatable bonds is 5. The molecule has 0 unspecified atom stereocenters. The van der Waals surface area contributed by atoms with Crippen molar-refractivity contribution < 1.29 is 9.26 Å². The molecule has 112 valence electrons. The van der Waals surface area contributed by atoms with Gasteiger partial charge in [-0.1, -0.05) is 23.4 Å². The van der Waals surface area contributed by atoms with Gasteiger partial charge in [0.2, 0.25) is 11.7 Å². The van der Waals surface area contributed by atoms with Crippen LogP contribution >= 0.6 is 11.8 Å². The lowest BCUT2D eigenvalue weighted by Crippen LogP contribution is -2.39. The summed E-state index contributed by atoms with van der Waals surface area (Å²) in [6.45, 7) is 5.34. The molecule has 0 spiro atoms. The number of thioether (sulfide) groups is 1. The highest BCUT2D eigenvalue weighted by Gasteiger charge is 2.25. The molecule has 1 fully saturated rings. The molecular weight excluding hydrogens is 286 g/mol. The predicted molar refractivity (Wildman–Crippen MR) is 81.3 cm³/mol. The number of nitrogens with zero attached hydrogens (tertiary/aromatic N) is 3. The number of benzene rings is 1. The zero-order chi connectivity index (χ0) is 14.5. The molecule has 3 rings (SSSR count). The molecule has 1 atom stereocenters. The fourth-order valence-electron chi connectivity index (χ4n) is 2.32. The minimum absolute atomic E-state index is 0.0714. The summed E-state index contributed by atoms with van der Waals surface area (Å²) in [4.78, 5) is 7.98. The van der Waals surface area contributed by atoms with Crippen molar-refractivity contribution in [1.29, 1.82) is 0 Å². The van der Waals surface area contributed by atoms with Crippen LogP contribution in [0.5, 0.6) is 0 Å². The summed E-state index contributed by atoms with van der Waals surface area (Å²) in [6.07, 6.45) is -0.0714. The average Bonchev–Trinajstić information content (AvgIpc) is 2.95. The van der Waals surface area contributed by atoms with Crippen molar-refractivity contribution in [1.82, 2.24) is 15.0 Å². The summed E-state index contributed by atoms with van der Waals surface area (Å²) in [5.41, 5.74) is 0. The third-order valence-corrected chi connectivity index (χ3v) is 4.39. The van der Waals surface area contributed by atoms with E-state index in [4.69, 9.17) is 9.26 Å². The zero-order valence-electron chi connectivity index (χ0n) is 12.1. The molecule has 1 saturated heterocycles. The van der Waals surface area contributed by atoms with Crippen molar-refractivity contribution in [3.63, 3.8) is 0 Å². The third kappa shape index (κ3) is 4.06. The maximum Gasteiger partial charge on any atom is 0.223 e. The van der Waals surface area contributed by atoms with Gasteiger partial charge in [-0.15, -0.1) is 11.8 Å². The van der Waals surface area contributed by atoms with Crippen LogP contribution in [0.15, 0.2) is 39.8 Å². The van der Waals surface area contributed by atoms with Crippen LogP contribution in [-0.4, -0.2) is 47.0 Å². The van der Waals surface area contributed by atoms with Gasteiger partial charge in [-0.25, -0.2) is 0 Å². The van der Waals surface area contributed by atoms with Crippen LogP contribution < -0.4 is 0 Å². The minimum Gasteiger partial charge on any atom is -0.367 e. The lowest BCUT2D eigenvalue weighted by Gasteiger charge is -2.31. The summed E-state index contributed by atoms with van der Waals surface area (Å²) in [5, 5.41) is 3.96. The van der Waals surface area contributed by atoms with Crippen molar-refractivity contribution in [3.8, 4) is 0 Å². The van der Waals surface area contributed by atoms with Gasteiger partial charge in [-0.3, -0.25) is 4.90 Å². The Morgan fingerprint density at radius 3 is 2.95 bits per heavy atom. The standard InChI is InChI=1S/C15H19N3O2S/c1-12-16-15(17-20-12)14-11-18(7-9-19-14)8-10-21-13-5-3-2-4-6-13/h2-6,14H,7-11H2,1H3/t14-/m1/s1. The van der Waals surface area contributed by atoms with Crippen molar-refractivity contribution in [3.05, 3.63) is 42.0 Å². The Kier molecular flexibility index (Phi) is 4.90. The summed E-state index contributed by atoms with van der Waals surface area (Å²) in [5.74, 6) is 2.32. The molecule has 2 heterocycles. The van der Waals surface area contributed by atoms with Crippen LogP contribution in [0, 0.1) is 6.92 Å². The number of morpholine rings is 1. The van der Waals surface area contributed by atoms with E-state index in [0.29, 0.717) is 18.3 Å². The van der Waals surface area contributed by atoms with E-state index in [9.17, 15) is 0 Å². The third-order valence-electron chi connectivity index (χ3n) is 3.40. The Labute approximate surface area is 128 Å². The molecule has 6 heteroatoms. The second kappa shape index (κ2) is 7.06. The molecular formula is C15H19N3O2S. The molecule has 0 saturated carbocycles. The number of aryl methyl sites for hydroxylation is 1. The second-order valence-electron chi connectivity index (χ2n) is 4.99. The summed E-state index contributed by atoms with van der Waals surface area (Å²) in [7, 11) is 0. The van der Waals surface area contributed by atoms with Crippen LogP contribution in [0.2, 0.25) is 0 Å². The maximum atomic E-state index is 5.74. The summed E-state index contributed by atoms with van der Waals surface area (Å²) in [6, 6.07) is 10.5. The SMILES string of the molecule is Cc1nc([C@H]2CN(CCSc3ccccc3)CCO2)no1. The van der Waals surface area contributed by atoms with Gasteiger partial charge in [-0.2, -0.15) is 4.98 Å². The molecule has 1 aromatic heterocycles. The second-order valence-corrected chi connectivity index (χ2v) is 6.16. The van der Waals surface area contributed by atoms with Gasteiger partial charge in [0, 0.05) is 37.2 Å². The minimum atomic E-state index is -0.0714. The molecule has 21 heavy (non-hydrogen) atoms. The van der Waals surface area contributed by atoms with E-state index in [-0.39, 0.29) is 6.10 Å². The lowest BCUT2D eigenvalue weighted by atomic mass is 10.2. The van der Waals surface area contributed by atoms with Gasteiger partial charge < -0.3 is 9.26 Å². The molecule has 1 aliphatic rings. The zero-order valence-corrected chi connectivity index (χ0v) is 12.9. The van der Waals surface area contributed by atoms with Crippen LogP contribution in [0.1, 0.15) is 17.8 Å². The van der Waals surface area contributed by atoms with Gasteiger partial charge in [0.05, 0.1) is 6.61 Å². The highest BCUT2D eigenvalue weighted by molar-refractivity contribution is 7.99. The number of aromatic nitrogens is 2. The van der Waals surface area contributed by atoms with E-state index in [0.717, 1.165) is 25.4 Å². The van der Waals surface area contributed by atoms with Gasteiger partial charge >= 0.3 is 0 Å². The van der Waals surface area contributed by atoms with E-state index < -0.39 is 0 Å². The van der Waals surface area contributed by atoms with Gasteiger partial charge in [0.1, 0.15) is 6.10 Å². The first-order chi connectivity index (χ1) is 10.3. The smallest absolute Gasteiger partial charge is 0.223 e. The molecule has 0 N–H and O–H groups in total. The van der Waals surface area contributed by atoms with Crippen molar-refractivity contribution in [2.75, 3.05) is 32.0 Å². The highest BCUT2D eigenvalue weighted by atomic mass is 32.2. The monoisotopic (exact) mass is 305 g/mol. The van der Waals surface area contributed by atoms with E-state index in [1.807, 2.05) is 17.8 Å². The largest absolute Gasteiger partial charge is 0.367 e. The van der Waals surface area contributed by atoms with Gasteiger partial charge in [0.15, 0.2) is 0 Å². The molecule has 1 aromatic carbocycles. The Balaban J connectivity index is 1.48. The lowest BCUT2D eigenvalue weighted by molar-refractivity contribution is -0.0330. The fraction of sp³-hybridized carbons (Fsp3) is 0.467. The predicted octanol–water partition coefficient (Wildman–Crippen LogP) is 2.54. The molecule has 2 aromatic rings. The molecule has 0 radical (unpaired) electrons. The Bertz CT molecular complexity index is 561.